The van der Waals surface area contributed by atoms with Crippen LogP contribution in [0.1, 0.15) is 35.1 Å². The summed E-state index contributed by atoms with van der Waals surface area (Å²) in [6.45, 7) is 4.08. The molecule has 0 radical (unpaired) electrons. The number of nitrogens with one attached hydrogen (secondary N) is 1. The number of carbonyl (C=O) groups excluding carboxylic acids is 1. The molecule has 2 aromatic heterocycles. The summed E-state index contributed by atoms with van der Waals surface area (Å²) in [5.74, 6) is -0.396. The second-order valence-electron chi connectivity index (χ2n) is 8.96. The van der Waals surface area contributed by atoms with Gasteiger partial charge in [0.1, 0.15) is 17.1 Å². The Morgan fingerprint density at radius 3 is 2.63 bits per heavy atom. The van der Waals surface area contributed by atoms with E-state index in [-0.39, 0.29) is 11.7 Å². The molecule has 11 heteroatoms. The lowest BCUT2D eigenvalue weighted by atomic mass is 10.1. The van der Waals surface area contributed by atoms with Gasteiger partial charge in [0.05, 0.1) is 24.4 Å². The SMILES string of the molecule is COc1cc2nn(C3CCN(CCN(C)C)CC3)cc2cc1NC(=O)c1cccc(C(F)(F)F)n1. The van der Waals surface area contributed by atoms with Crippen molar-refractivity contribution in [1.29, 1.82) is 0 Å². The maximum atomic E-state index is 13.0. The molecule has 4 rings (SSSR count). The van der Waals surface area contributed by atoms with Crippen LogP contribution < -0.4 is 10.1 Å². The lowest BCUT2D eigenvalue weighted by Gasteiger charge is -2.32. The van der Waals surface area contributed by atoms with E-state index in [0.29, 0.717) is 17.0 Å². The van der Waals surface area contributed by atoms with Crippen LogP contribution in [0.25, 0.3) is 10.9 Å². The Balaban J connectivity index is 1.50. The number of rotatable bonds is 7. The van der Waals surface area contributed by atoms with Gasteiger partial charge in [0.2, 0.25) is 0 Å². The Hall–Kier alpha value is -3.18. The van der Waals surface area contributed by atoms with Crippen molar-refractivity contribution in [3.05, 3.63) is 47.9 Å². The Morgan fingerprint density at radius 2 is 1.97 bits per heavy atom. The lowest BCUT2D eigenvalue weighted by molar-refractivity contribution is -0.141. The minimum Gasteiger partial charge on any atom is -0.494 e. The number of likely N-dealkylation sites (tertiary alicyclic amines) is 1. The molecule has 1 N–H and O–H groups in total. The molecule has 8 nitrogen and oxygen atoms in total. The summed E-state index contributed by atoms with van der Waals surface area (Å²) >= 11 is 0. The van der Waals surface area contributed by atoms with Crippen LogP contribution in [0.2, 0.25) is 0 Å². The third-order valence-corrected chi connectivity index (χ3v) is 6.16. The Kier molecular flexibility index (Phi) is 7.27. The molecule has 1 aliphatic heterocycles. The molecule has 0 bridgehead atoms. The number of nitrogens with zero attached hydrogens (tertiary/aromatic N) is 5. The number of likely N-dealkylation sites (N-methyl/N-ethyl adjacent to an activating group) is 1. The number of piperidine rings is 1. The third kappa shape index (κ3) is 5.91. The number of aromatic nitrogens is 3. The first-order valence-corrected chi connectivity index (χ1v) is 11.4. The van der Waals surface area contributed by atoms with Gasteiger partial charge in [0.15, 0.2) is 0 Å². The number of anilines is 1. The molecule has 0 saturated carbocycles. The maximum absolute atomic E-state index is 13.0. The van der Waals surface area contributed by atoms with Crippen molar-refractivity contribution in [3.8, 4) is 5.75 Å². The van der Waals surface area contributed by atoms with E-state index >= 15 is 0 Å². The van der Waals surface area contributed by atoms with Gasteiger partial charge >= 0.3 is 6.18 Å². The van der Waals surface area contributed by atoms with Crippen LogP contribution in [0.3, 0.4) is 0 Å². The minimum absolute atomic E-state index is 0.274. The highest BCUT2D eigenvalue weighted by Gasteiger charge is 2.33. The molecule has 0 unspecified atom stereocenters. The number of fused-ring (bicyclic) bond motifs is 1. The highest BCUT2D eigenvalue weighted by molar-refractivity contribution is 6.05. The van der Waals surface area contributed by atoms with Gasteiger partial charge in [-0.25, -0.2) is 4.98 Å². The summed E-state index contributed by atoms with van der Waals surface area (Å²) in [6, 6.07) is 6.92. The summed E-state index contributed by atoms with van der Waals surface area (Å²) in [5, 5.41) is 8.15. The van der Waals surface area contributed by atoms with Crippen molar-refractivity contribution in [3.63, 3.8) is 0 Å². The van der Waals surface area contributed by atoms with E-state index < -0.39 is 17.8 Å². The van der Waals surface area contributed by atoms with Crippen LogP contribution >= 0.6 is 0 Å². The van der Waals surface area contributed by atoms with E-state index in [1.54, 1.807) is 12.1 Å². The number of hydrogen-bond acceptors (Lipinski definition) is 6. The van der Waals surface area contributed by atoms with Crippen LogP contribution in [0, 0.1) is 0 Å². The zero-order valence-electron chi connectivity index (χ0n) is 20.0. The molecule has 1 aromatic carbocycles. The van der Waals surface area contributed by atoms with Crippen LogP contribution in [0.5, 0.6) is 5.75 Å². The smallest absolute Gasteiger partial charge is 0.433 e. The molecular weight excluding hydrogens is 461 g/mol. The number of benzene rings is 1. The average Bonchev–Trinajstić information content (AvgIpc) is 3.25. The lowest BCUT2D eigenvalue weighted by Crippen LogP contribution is -2.38. The summed E-state index contributed by atoms with van der Waals surface area (Å²) < 4.78 is 46.3. The van der Waals surface area contributed by atoms with Gasteiger partial charge in [-0.05, 0) is 45.1 Å². The summed E-state index contributed by atoms with van der Waals surface area (Å²) in [5.41, 5.74) is -0.408. The highest BCUT2D eigenvalue weighted by atomic mass is 19.4. The zero-order valence-corrected chi connectivity index (χ0v) is 20.0. The normalized spacial score (nSPS) is 15.6. The number of pyridine rings is 1. The van der Waals surface area contributed by atoms with Crippen LogP contribution in [-0.2, 0) is 6.18 Å². The largest absolute Gasteiger partial charge is 0.494 e. The van der Waals surface area contributed by atoms with Crippen molar-refractivity contribution in [2.75, 3.05) is 52.7 Å². The number of carbonyl (C=O) groups is 1. The predicted molar refractivity (Wildman–Crippen MR) is 127 cm³/mol. The highest BCUT2D eigenvalue weighted by Crippen LogP contribution is 2.32. The molecule has 1 saturated heterocycles. The number of ether oxygens (including phenoxy) is 1. The molecule has 3 heterocycles. The van der Waals surface area contributed by atoms with Crippen molar-refractivity contribution >= 4 is 22.5 Å². The summed E-state index contributed by atoms with van der Waals surface area (Å²) in [4.78, 5) is 20.7. The van der Waals surface area contributed by atoms with Gasteiger partial charge in [-0.15, -0.1) is 0 Å². The Morgan fingerprint density at radius 1 is 1.23 bits per heavy atom. The maximum Gasteiger partial charge on any atom is 0.433 e. The number of alkyl halides is 3. The third-order valence-electron chi connectivity index (χ3n) is 6.16. The molecule has 3 aromatic rings. The predicted octanol–water partition coefficient (Wildman–Crippen LogP) is 3.91. The fraction of sp³-hybridized carbons (Fsp3) is 0.458. The zero-order chi connectivity index (χ0) is 25.2. The standard InChI is InChI=1S/C24H29F3N6O2/c1-31(2)11-12-32-9-7-17(8-10-32)33-15-16-13-20(21(35-3)14-19(16)30-33)29-23(34)18-5-4-6-22(28-18)24(25,26)27/h4-6,13-15,17H,7-12H2,1-3H3,(H,29,34). The molecule has 188 valence electrons. The first-order chi connectivity index (χ1) is 16.6. The summed E-state index contributed by atoms with van der Waals surface area (Å²) in [7, 11) is 5.60. The number of amides is 1. The molecule has 1 aliphatic rings. The molecule has 1 fully saturated rings. The van der Waals surface area contributed by atoms with Crippen molar-refractivity contribution < 1.29 is 22.7 Å². The van der Waals surface area contributed by atoms with Gasteiger partial charge in [-0.1, -0.05) is 6.07 Å². The number of halogens is 3. The molecular formula is C24H29F3N6O2. The summed E-state index contributed by atoms with van der Waals surface area (Å²) in [6.07, 6.45) is -0.718. The van der Waals surface area contributed by atoms with E-state index in [4.69, 9.17) is 9.84 Å². The van der Waals surface area contributed by atoms with Gasteiger partial charge in [-0.2, -0.15) is 18.3 Å². The molecule has 0 spiro atoms. The number of methoxy groups -OCH3 is 1. The van der Waals surface area contributed by atoms with E-state index in [2.05, 4.69) is 34.2 Å². The van der Waals surface area contributed by atoms with Crippen molar-refractivity contribution in [2.24, 2.45) is 0 Å². The van der Waals surface area contributed by atoms with Gasteiger partial charge < -0.3 is 19.9 Å². The Labute approximate surface area is 201 Å². The van der Waals surface area contributed by atoms with Crippen molar-refractivity contribution in [1.82, 2.24) is 24.6 Å². The van der Waals surface area contributed by atoms with Crippen molar-refractivity contribution in [2.45, 2.75) is 25.1 Å². The van der Waals surface area contributed by atoms with E-state index in [9.17, 15) is 18.0 Å². The fourth-order valence-electron chi connectivity index (χ4n) is 4.18. The van der Waals surface area contributed by atoms with E-state index in [1.165, 1.54) is 13.2 Å². The first kappa shape index (κ1) is 24.9. The quantitative estimate of drug-likeness (QED) is 0.541. The number of hydrogen-bond donors (Lipinski definition) is 1. The van der Waals surface area contributed by atoms with Gasteiger partial charge in [0.25, 0.3) is 5.91 Å². The van der Waals surface area contributed by atoms with Gasteiger partial charge in [0, 0.05) is 43.8 Å². The van der Waals surface area contributed by atoms with E-state index in [0.717, 1.165) is 56.5 Å². The monoisotopic (exact) mass is 490 g/mol. The van der Waals surface area contributed by atoms with Crippen LogP contribution in [0.4, 0.5) is 18.9 Å². The average molecular weight is 491 g/mol. The minimum atomic E-state index is -4.63. The first-order valence-electron chi connectivity index (χ1n) is 11.4. The second-order valence-corrected chi connectivity index (χ2v) is 8.96. The molecule has 35 heavy (non-hydrogen) atoms. The molecule has 0 aliphatic carbocycles. The van der Waals surface area contributed by atoms with Crippen LogP contribution in [0.15, 0.2) is 36.5 Å². The topological polar surface area (TPSA) is 75.5 Å². The fourth-order valence-corrected chi connectivity index (χ4v) is 4.18. The van der Waals surface area contributed by atoms with Crippen LogP contribution in [-0.4, -0.2) is 77.9 Å². The van der Waals surface area contributed by atoms with Gasteiger partial charge in [-0.3, -0.25) is 9.48 Å². The molecule has 0 atom stereocenters. The Bertz CT molecular complexity index is 1190. The van der Waals surface area contributed by atoms with E-state index in [1.807, 2.05) is 10.9 Å². The molecule has 1 amide bonds. The second kappa shape index (κ2) is 10.2.